The van der Waals surface area contributed by atoms with Gasteiger partial charge in [-0.1, -0.05) is 26.0 Å². The van der Waals surface area contributed by atoms with Crippen LogP contribution in [0, 0.1) is 11.8 Å². The molecule has 0 bridgehead atoms. The molecule has 0 radical (unpaired) electrons. The molecule has 3 heteroatoms. The largest absolute Gasteiger partial charge is 0.491 e. The summed E-state index contributed by atoms with van der Waals surface area (Å²) in [5, 5.41) is 9.15. The van der Waals surface area contributed by atoms with E-state index in [1.54, 1.807) is 0 Å². The van der Waals surface area contributed by atoms with Crippen molar-refractivity contribution in [3.05, 3.63) is 29.8 Å². The highest BCUT2D eigenvalue weighted by atomic mass is 16.5. The average Bonchev–Trinajstić information content (AvgIpc) is 2.26. The maximum absolute atomic E-state index is 11.1. The Morgan fingerprint density at radius 1 is 1.17 bits per heavy atom. The van der Waals surface area contributed by atoms with E-state index >= 15 is 0 Å². The second-order valence-electron chi connectivity index (χ2n) is 5.20. The lowest BCUT2D eigenvalue weighted by molar-refractivity contribution is -0.143. The van der Waals surface area contributed by atoms with E-state index in [0.29, 0.717) is 6.42 Å². The quantitative estimate of drug-likeness (QED) is 0.842. The molecule has 0 saturated heterocycles. The molecule has 0 heterocycles. The lowest BCUT2D eigenvalue weighted by Gasteiger charge is -2.16. The average molecular weight is 250 g/mol. The third-order valence-electron chi connectivity index (χ3n) is 2.87. The van der Waals surface area contributed by atoms with Crippen LogP contribution < -0.4 is 4.74 Å². The SMILES string of the molecule is CC(C)Oc1ccc(CC(C(=O)O)C(C)C)cc1. The van der Waals surface area contributed by atoms with Crippen molar-refractivity contribution in [2.24, 2.45) is 11.8 Å². The molecular formula is C15H22O3. The predicted molar refractivity (Wildman–Crippen MR) is 71.9 cm³/mol. The fourth-order valence-corrected chi connectivity index (χ4v) is 1.84. The summed E-state index contributed by atoms with van der Waals surface area (Å²) >= 11 is 0. The molecule has 0 aromatic heterocycles. The van der Waals surface area contributed by atoms with Crippen LogP contribution in [0.5, 0.6) is 5.75 Å². The first kappa shape index (κ1) is 14.6. The van der Waals surface area contributed by atoms with Crippen molar-refractivity contribution in [1.82, 2.24) is 0 Å². The van der Waals surface area contributed by atoms with E-state index in [1.807, 2.05) is 52.0 Å². The molecular weight excluding hydrogens is 228 g/mol. The van der Waals surface area contributed by atoms with Gasteiger partial charge in [-0.25, -0.2) is 0 Å². The van der Waals surface area contributed by atoms with Crippen LogP contribution in [0.4, 0.5) is 0 Å². The van der Waals surface area contributed by atoms with Crippen molar-refractivity contribution in [1.29, 1.82) is 0 Å². The molecule has 0 aliphatic carbocycles. The highest BCUT2D eigenvalue weighted by Crippen LogP contribution is 2.20. The number of ether oxygens (including phenoxy) is 1. The third-order valence-corrected chi connectivity index (χ3v) is 2.87. The first-order valence-corrected chi connectivity index (χ1v) is 6.38. The van der Waals surface area contributed by atoms with Gasteiger partial charge < -0.3 is 9.84 Å². The molecule has 0 spiro atoms. The Hall–Kier alpha value is -1.51. The standard InChI is InChI=1S/C15H22O3/c1-10(2)14(15(16)17)9-12-5-7-13(8-6-12)18-11(3)4/h5-8,10-11,14H,9H2,1-4H3,(H,16,17). The van der Waals surface area contributed by atoms with Gasteiger partial charge >= 0.3 is 5.97 Å². The minimum Gasteiger partial charge on any atom is -0.491 e. The number of rotatable bonds is 6. The van der Waals surface area contributed by atoms with Crippen molar-refractivity contribution in [3.63, 3.8) is 0 Å². The van der Waals surface area contributed by atoms with Gasteiger partial charge in [0.1, 0.15) is 5.75 Å². The molecule has 1 rings (SSSR count). The summed E-state index contributed by atoms with van der Waals surface area (Å²) in [7, 11) is 0. The molecule has 3 nitrogen and oxygen atoms in total. The first-order valence-electron chi connectivity index (χ1n) is 6.38. The fourth-order valence-electron chi connectivity index (χ4n) is 1.84. The van der Waals surface area contributed by atoms with E-state index in [4.69, 9.17) is 9.84 Å². The third kappa shape index (κ3) is 4.40. The summed E-state index contributed by atoms with van der Waals surface area (Å²) in [4.78, 5) is 11.1. The number of benzene rings is 1. The zero-order valence-corrected chi connectivity index (χ0v) is 11.5. The van der Waals surface area contributed by atoms with Crippen molar-refractivity contribution in [2.45, 2.75) is 40.2 Å². The number of hydrogen-bond acceptors (Lipinski definition) is 2. The summed E-state index contributed by atoms with van der Waals surface area (Å²) < 4.78 is 5.55. The smallest absolute Gasteiger partial charge is 0.307 e. The van der Waals surface area contributed by atoms with Crippen LogP contribution in [0.25, 0.3) is 0 Å². The van der Waals surface area contributed by atoms with E-state index < -0.39 is 5.97 Å². The Labute approximate surface area is 109 Å². The number of carboxylic acids is 1. The lowest BCUT2D eigenvalue weighted by atomic mass is 9.89. The van der Waals surface area contributed by atoms with Gasteiger partial charge in [-0.15, -0.1) is 0 Å². The molecule has 18 heavy (non-hydrogen) atoms. The number of aliphatic carboxylic acids is 1. The van der Waals surface area contributed by atoms with Crippen molar-refractivity contribution >= 4 is 5.97 Å². The van der Waals surface area contributed by atoms with Gasteiger partial charge in [0.25, 0.3) is 0 Å². The first-order chi connectivity index (χ1) is 8.40. The molecule has 1 aromatic rings. The summed E-state index contributed by atoms with van der Waals surface area (Å²) in [5.74, 6) is -0.103. The van der Waals surface area contributed by atoms with E-state index in [9.17, 15) is 4.79 Å². The van der Waals surface area contributed by atoms with E-state index in [-0.39, 0.29) is 17.9 Å². The van der Waals surface area contributed by atoms with Crippen LogP contribution in [-0.4, -0.2) is 17.2 Å². The zero-order valence-electron chi connectivity index (χ0n) is 11.5. The topological polar surface area (TPSA) is 46.5 Å². The Morgan fingerprint density at radius 3 is 2.11 bits per heavy atom. The van der Waals surface area contributed by atoms with Gasteiger partial charge in [-0.2, -0.15) is 0 Å². The lowest BCUT2D eigenvalue weighted by Crippen LogP contribution is -2.22. The minimum absolute atomic E-state index is 0.133. The Kier molecular flexibility index (Phi) is 5.20. The van der Waals surface area contributed by atoms with Crippen molar-refractivity contribution in [3.8, 4) is 5.75 Å². The molecule has 0 aliphatic heterocycles. The molecule has 0 aliphatic rings. The van der Waals surface area contributed by atoms with Crippen molar-refractivity contribution in [2.75, 3.05) is 0 Å². The van der Waals surface area contributed by atoms with Gasteiger partial charge in [-0.05, 0) is 43.9 Å². The Bertz CT molecular complexity index is 379. The monoisotopic (exact) mass is 250 g/mol. The minimum atomic E-state index is -0.729. The van der Waals surface area contributed by atoms with Gasteiger partial charge in [0.05, 0.1) is 12.0 Å². The summed E-state index contributed by atoms with van der Waals surface area (Å²) in [5.41, 5.74) is 1.03. The van der Waals surface area contributed by atoms with Crippen molar-refractivity contribution < 1.29 is 14.6 Å². The summed E-state index contributed by atoms with van der Waals surface area (Å²) in [6.45, 7) is 7.84. The molecule has 1 N–H and O–H groups in total. The van der Waals surface area contributed by atoms with Gasteiger partial charge in [0.2, 0.25) is 0 Å². The second-order valence-corrected chi connectivity index (χ2v) is 5.20. The Balaban J connectivity index is 2.70. The summed E-state index contributed by atoms with van der Waals surface area (Å²) in [6.07, 6.45) is 0.716. The van der Waals surface area contributed by atoms with Crippen LogP contribution in [0.3, 0.4) is 0 Å². The zero-order chi connectivity index (χ0) is 13.7. The second kappa shape index (κ2) is 6.43. The van der Waals surface area contributed by atoms with E-state index in [0.717, 1.165) is 11.3 Å². The number of hydrogen-bond donors (Lipinski definition) is 1. The number of carbonyl (C=O) groups is 1. The van der Waals surface area contributed by atoms with E-state index in [1.165, 1.54) is 0 Å². The highest BCUT2D eigenvalue weighted by molar-refractivity contribution is 5.70. The normalized spacial score (nSPS) is 12.8. The maximum atomic E-state index is 11.1. The molecule has 100 valence electrons. The molecule has 1 unspecified atom stereocenters. The molecule has 1 aromatic carbocycles. The van der Waals surface area contributed by atoms with Gasteiger partial charge in [0.15, 0.2) is 0 Å². The van der Waals surface area contributed by atoms with Crippen LogP contribution in [0.1, 0.15) is 33.3 Å². The van der Waals surface area contributed by atoms with Gasteiger partial charge in [0, 0.05) is 0 Å². The van der Waals surface area contributed by atoms with Crippen LogP contribution in [-0.2, 0) is 11.2 Å². The fraction of sp³-hybridized carbons (Fsp3) is 0.533. The maximum Gasteiger partial charge on any atom is 0.307 e. The molecule has 0 amide bonds. The van der Waals surface area contributed by atoms with Crippen LogP contribution >= 0.6 is 0 Å². The van der Waals surface area contributed by atoms with Gasteiger partial charge in [-0.3, -0.25) is 4.79 Å². The molecule has 0 saturated carbocycles. The van der Waals surface area contributed by atoms with Crippen LogP contribution in [0.15, 0.2) is 24.3 Å². The molecule has 1 atom stereocenters. The highest BCUT2D eigenvalue weighted by Gasteiger charge is 2.21. The van der Waals surface area contributed by atoms with Crippen LogP contribution in [0.2, 0.25) is 0 Å². The predicted octanol–water partition coefficient (Wildman–Crippen LogP) is 3.37. The van der Waals surface area contributed by atoms with E-state index in [2.05, 4.69) is 0 Å². The summed E-state index contributed by atoms with van der Waals surface area (Å²) in [6, 6.07) is 7.68. The molecule has 0 fully saturated rings. The number of carboxylic acid groups (broad SMARTS) is 1. The Morgan fingerprint density at radius 2 is 1.72 bits per heavy atom.